The van der Waals surface area contributed by atoms with Crippen molar-refractivity contribution in [3.05, 3.63) is 40.6 Å². The standard InChI is InChI=1S/C10H9Br2N3/c11-5-4-9-7-15(14-13-9)10-3-1-2-8(12)6-10/h1-3,6-7H,4-5H2. The summed E-state index contributed by atoms with van der Waals surface area (Å²) < 4.78 is 2.82. The van der Waals surface area contributed by atoms with Crippen LogP contribution in [-0.2, 0) is 6.42 Å². The fraction of sp³-hybridized carbons (Fsp3) is 0.200. The van der Waals surface area contributed by atoms with Gasteiger partial charge in [-0.05, 0) is 18.2 Å². The molecule has 1 aromatic carbocycles. The first kappa shape index (κ1) is 10.8. The minimum absolute atomic E-state index is 0.897. The van der Waals surface area contributed by atoms with Crippen molar-refractivity contribution in [3.63, 3.8) is 0 Å². The van der Waals surface area contributed by atoms with Crippen LogP contribution in [0, 0.1) is 0 Å². The quantitative estimate of drug-likeness (QED) is 0.810. The predicted molar refractivity (Wildman–Crippen MR) is 66.6 cm³/mol. The van der Waals surface area contributed by atoms with Crippen molar-refractivity contribution >= 4 is 31.9 Å². The van der Waals surface area contributed by atoms with Crippen molar-refractivity contribution < 1.29 is 0 Å². The van der Waals surface area contributed by atoms with Crippen LogP contribution in [-0.4, -0.2) is 20.3 Å². The van der Waals surface area contributed by atoms with Crippen LogP contribution in [0.4, 0.5) is 0 Å². The summed E-state index contributed by atoms with van der Waals surface area (Å²) in [5.74, 6) is 0. The first-order valence-electron chi connectivity index (χ1n) is 4.53. The summed E-state index contributed by atoms with van der Waals surface area (Å²) in [6.07, 6.45) is 2.84. The highest BCUT2D eigenvalue weighted by molar-refractivity contribution is 9.10. The van der Waals surface area contributed by atoms with E-state index in [0.717, 1.165) is 27.6 Å². The van der Waals surface area contributed by atoms with E-state index in [0.29, 0.717) is 0 Å². The molecule has 0 saturated heterocycles. The Kier molecular flexibility index (Phi) is 3.53. The van der Waals surface area contributed by atoms with E-state index < -0.39 is 0 Å². The Morgan fingerprint density at radius 1 is 1.33 bits per heavy atom. The molecule has 0 unspecified atom stereocenters. The number of benzene rings is 1. The third kappa shape index (κ3) is 2.66. The van der Waals surface area contributed by atoms with Crippen molar-refractivity contribution in [2.24, 2.45) is 0 Å². The molecule has 2 aromatic rings. The fourth-order valence-electron chi connectivity index (χ4n) is 1.25. The van der Waals surface area contributed by atoms with Crippen LogP contribution in [0.3, 0.4) is 0 Å². The molecule has 0 atom stereocenters. The fourth-order valence-corrected chi connectivity index (χ4v) is 2.05. The topological polar surface area (TPSA) is 30.7 Å². The maximum Gasteiger partial charge on any atom is 0.0840 e. The summed E-state index contributed by atoms with van der Waals surface area (Å²) in [6, 6.07) is 7.97. The average Bonchev–Trinajstić information content (AvgIpc) is 2.67. The third-order valence-electron chi connectivity index (χ3n) is 1.96. The van der Waals surface area contributed by atoms with Crippen LogP contribution in [0.1, 0.15) is 5.69 Å². The van der Waals surface area contributed by atoms with Gasteiger partial charge in [-0.3, -0.25) is 0 Å². The van der Waals surface area contributed by atoms with Gasteiger partial charge in [0.05, 0.1) is 17.6 Å². The number of hydrogen-bond acceptors (Lipinski definition) is 2. The van der Waals surface area contributed by atoms with E-state index in [1.54, 1.807) is 4.68 Å². The summed E-state index contributed by atoms with van der Waals surface area (Å²) in [7, 11) is 0. The molecule has 5 heteroatoms. The highest BCUT2D eigenvalue weighted by atomic mass is 79.9. The highest BCUT2D eigenvalue weighted by Crippen LogP contribution is 2.14. The van der Waals surface area contributed by atoms with Gasteiger partial charge < -0.3 is 0 Å². The van der Waals surface area contributed by atoms with E-state index in [1.165, 1.54) is 0 Å². The van der Waals surface area contributed by atoms with Gasteiger partial charge in [0.15, 0.2) is 0 Å². The second-order valence-electron chi connectivity index (χ2n) is 3.07. The second kappa shape index (κ2) is 4.90. The van der Waals surface area contributed by atoms with Gasteiger partial charge in [-0.2, -0.15) is 0 Å². The van der Waals surface area contributed by atoms with Crippen molar-refractivity contribution in [3.8, 4) is 5.69 Å². The van der Waals surface area contributed by atoms with Gasteiger partial charge in [0.1, 0.15) is 0 Å². The Hall–Kier alpha value is -0.680. The van der Waals surface area contributed by atoms with Crippen molar-refractivity contribution in [1.82, 2.24) is 15.0 Å². The van der Waals surface area contributed by atoms with Crippen LogP contribution in [0.2, 0.25) is 0 Å². The molecular weight excluding hydrogens is 322 g/mol. The number of alkyl halides is 1. The molecule has 0 bridgehead atoms. The first-order valence-corrected chi connectivity index (χ1v) is 6.44. The second-order valence-corrected chi connectivity index (χ2v) is 4.78. The molecule has 1 heterocycles. The molecule has 0 aliphatic carbocycles. The number of aromatic nitrogens is 3. The van der Waals surface area contributed by atoms with E-state index in [-0.39, 0.29) is 0 Å². The van der Waals surface area contributed by atoms with Crippen molar-refractivity contribution in [2.75, 3.05) is 5.33 Å². The summed E-state index contributed by atoms with van der Waals surface area (Å²) in [6.45, 7) is 0. The molecule has 15 heavy (non-hydrogen) atoms. The molecule has 1 aromatic heterocycles. The Balaban J connectivity index is 2.29. The Labute approximate surface area is 105 Å². The van der Waals surface area contributed by atoms with Crippen LogP contribution in [0.25, 0.3) is 5.69 Å². The number of hydrogen-bond donors (Lipinski definition) is 0. The zero-order chi connectivity index (χ0) is 10.7. The Morgan fingerprint density at radius 2 is 2.20 bits per heavy atom. The molecule has 2 rings (SSSR count). The molecule has 0 amide bonds. The van der Waals surface area contributed by atoms with Gasteiger partial charge in [0, 0.05) is 16.2 Å². The molecule has 0 saturated carbocycles. The Bertz CT molecular complexity index is 453. The highest BCUT2D eigenvalue weighted by Gasteiger charge is 2.02. The van der Waals surface area contributed by atoms with Crippen LogP contribution in [0.15, 0.2) is 34.9 Å². The molecule has 0 aliphatic rings. The third-order valence-corrected chi connectivity index (χ3v) is 2.85. The zero-order valence-corrected chi connectivity index (χ0v) is 11.1. The van der Waals surface area contributed by atoms with Gasteiger partial charge in [-0.25, -0.2) is 4.68 Å². The van der Waals surface area contributed by atoms with Crippen molar-refractivity contribution in [2.45, 2.75) is 6.42 Å². The molecule has 0 aliphatic heterocycles. The number of halogens is 2. The van der Waals surface area contributed by atoms with Gasteiger partial charge in [-0.1, -0.05) is 43.1 Å². The minimum atomic E-state index is 0.897. The summed E-state index contributed by atoms with van der Waals surface area (Å²) >= 11 is 6.81. The van der Waals surface area contributed by atoms with Gasteiger partial charge in [-0.15, -0.1) is 5.10 Å². The maximum absolute atomic E-state index is 4.08. The lowest BCUT2D eigenvalue weighted by Crippen LogP contribution is -1.94. The number of nitrogens with zero attached hydrogens (tertiary/aromatic N) is 3. The number of aryl methyl sites for hydroxylation is 1. The van der Waals surface area contributed by atoms with E-state index in [1.807, 2.05) is 30.5 Å². The van der Waals surface area contributed by atoms with E-state index >= 15 is 0 Å². The van der Waals surface area contributed by atoms with E-state index in [2.05, 4.69) is 42.2 Å². The molecule has 0 N–H and O–H groups in total. The van der Waals surface area contributed by atoms with Gasteiger partial charge in [0.2, 0.25) is 0 Å². The lowest BCUT2D eigenvalue weighted by Gasteiger charge is -1.99. The van der Waals surface area contributed by atoms with Crippen LogP contribution < -0.4 is 0 Å². The van der Waals surface area contributed by atoms with Crippen LogP contribution in [0.5, 0.6) is 0 Å². The Morgan fingerprint density at radius 3 is 2.93 bits per heavy atom. The smallest absolute Gasteiger partial charge is 0.0840 e. The molecule has 0 radical (unpaired) electrons. The van der Waals surface area contributed by atoms with Crippen molar-refractivity contribution in [1.29, 1.82) is 0 Å². The van der Waals surface area contributed by atoms with E-state index in [4.69, 9.17) is 0 Å². The molecular formula is C10H9Br2N3. The average molecular weight is 331 g/mol. The van der Waals surface area contributed by atoms with Crippen LogP contribution >= 0.6 is 31.9 Å². The maximum atomic E-state index is 4.08. The summed E-state index contributed by atoms with van der Waals surface area (Å²) in [5, 5.41) is 9.06. The molecule has 78 valence electrons. The monoisotopic (exact) mass is 329 g/mol. The zero-order valence-electron chi connectivity index (χ0n) is 7.90. The van der Waals surface area contributed by atoms with Gasteiger partial charge in [0.25, 0.3) is 0 Å². The molecule has 0 fully saturated rings. The lowest BCUT2D eigenvalue weighted by molar-refractivity contribution is 0.798. The number of rotatable bonds is 3. The van der Waals surface area contributed by atoms with E-state index in [9.17, 15) is 0 Å². The first-order chi connectivity index (χ1) is 7.29. The predicted octanol–water partition coefficient (Wildman–Crippen LogP) is 2.97. The largest absolute Gasteiger partial charge is 0.220 e. The SMILES string of the molecule is BrCCc1cn(-c2cccc(Br)c2)nn1. The summed E-state index contributed by atoms with van der Waals surface area (Å²) in [4.78, 5) is 0. The minimum Gasteiger partial charge on any atom is -0.220 e. The molecule has 0 spiro atoms. The molecule has 3 nitrogen and oxygen atoms in total. The normalized spacial score (nSPS) is 10.5. The lowest BCUT2D eigenvalue weighted by atomic mass is 10.3. The van der Waals surface area contributed by atoms with Gasteiger partial charge >= 0.3 is 0 Å². The summed E-state index contributed by atoms with van der Waals surface area (Å²) in [5.41, 5.74) is 2.00.